The van der Waals surface area contributed by atoms with Crippen LogP contribution in [0.2, 0.25) is 0 Å². The summed E-state index contributed by atoms with van der Waals surface area (Å²) < 4.78 is 2.31. The second kappa shape index (κ2) is 7.84. The van der Waals surface area contributed by atoms with E-state index in [0.29, 0.717) is 0 Å². The lowest BCUT2D eigenvalue weighted by atomic mass is 10.1. The van der Waals surface area contributed by atoms with E-state index in [1.54, 1.807) is 0 Å². The van der Waals surface area contributed by atoms with E-state index in [1.165, 1.54) is 0 Å². The van der Waals surface area contributed by atoms with Gasteiger partial charge in [-0.15, -0.1) is 0 Å². The van der Waals surface area contributed by atoms with Crippen LogP contribution in [0.15, 0.2) is 0 Å². The first kappa shape index (κ1) is 22.2. The minimum atomic E-state index is -1.13. The zero-order valence-electron chi connectivity index (χ0n) is 16.7. The van der Waals surface area contributed by atoms with Crippen molar-refractivity contribution in [3.63, 3.8) is 0 Å². The summed E-state index contributed by atoms with van der Waals surface area (Å²) in [5.41, 5.74) is 0. The molecule has 0 aromatic rings. The Balaban J connectivity index is 6.81. The standard InChI is InChI=1S/C14H36N6Si2/c1-15(2)13(16(3)4,17(5)6)14(18(7)8,19(9)10)22(21)20(11)12/h1-12H3. The fourth-order valence-electron chi connectivity index (χ4n) is 4.03. The molecule has 0 rings (SSSR count). The van der Waals surface area contributed by atoms with Crippen LogP contribution in [-0.2, 0) is 0 Å². The first-order valence-electron chi connectivity index (χ1n) is 7.46. The molecule has 0 aliphatic carbocycles. The Morgan fingerprint density at radius 2 is 0.818 bits per heavy atom. The van der Waals surface area contributed by atoms with Gasteiger partial charge in [-0.3, -0.25) is 24.5 Å². The van der Waals surface area contributed by atoms with Gasteiger partial charge in [0, 0.05) is 9.76 Å². The van der Waals surface area contributed by atoms with E-state index >= 15 is 0 Å². The average molecular weight is 345 g/mol. The maximum atomic E-state index is 4.13. The fraction of sp³-hybridized carbons (Fsp3) is 1.00. The molecule has 22 heavy (non-hydrogen) atoms. The van der Waals surface area contributed by atoms with Crippen molar-refractivity contribution in [2.75, 3.05) is 84.6 Å². The van der Waals surface area contributed by atoms with Gasteiger partial charge in [-0.25, -0.2) is 0 Å². The Hall–Kier alpha value is 0.194. The van der Waals surface area contributed by atoms with Crippen LogP contribution in [0.3, 0.4) is 0 Å². The molecule has 0 aliphatic rings. The predicted molar refractivity (Wildman–Crippen MR) is 99.1 cm³/mol. The van der Waals surface area contributed by atoms with E-state index in [0.717, 1.165) is 0 Å². The van der Waals surface area contributed by atoms with E-state index in [2.05, 4.69) is 123 Å². The summed E-state index contributed by atoms with van der Waals surface area (Å²) in [6.07, 6.45) is 0. The van der Waals surface area contributed by atoms with Gasteiger partial charge >= 0.3 is 0 Å². The van der Waals surface area contributed by atoms with Crippen molar-refractivity contribution in [2.45, 2.75) is 11.1 Å². The smallest absolute Gasteiger partial charge is 0.161 e. The molecule has 0 aromatic heterocycles. The quantitative estimate of drug-likeness (QED) is 0.408. The molecule has 0 aliphatic heterocycles. The molecule has 0 aromatic carbocycles. The molecule has 130 valence electrons. The van der Waals surface area contributed by atoms with Crippen LogP contribution in [0.1, 0.15) is 0 Å². The van der Waals surface area contributed by atoms with Crippen molar-refractivity contribution >= 4 is 18.2 Å². The SMILES string of the molecule is CN(C)[Si]([Si])C(N(C)C)(N(C)C)C(N(C)C)(N(C)C)N(C)C. The summed E-state index contributed by atoms with van der Waals surface area (Å²) in [6, 6.07) is 0. The molecule has 0 amide bonds. The minimum Gasteiger partial charge on any atom is -0.330 e. The van der Waals surface area contributed by atoms with Crippen molar-refractivity contribution < 1.29 is 0 Å². The van der Waals surface area contributed by atoms with Crippen LogP contribution in [0.5, 0.6) is 0 Å². The van der Waals surface area contributed by atoms with E-state index < -0.39 is 8.48 Å². The normalized spacial score (nSPS) is 14.7. The molecule has 0 bridgehead atoms. The topological polar surface area (TPSA) is 19.4 Å². The lowest BCUT2D eigenvalue weighted by molar-refractivity contribution is -0.213. The molecule has 8 heteroatoms. The lowest BCUT2D eigenvalue weighted by Crippen LogP contribution is -2.89. The molecule has 0 N–H and O–H groups in total. The van der Waals surface area contributed by atoms with Crippen molar-refractivity contribution in [3.05, 3.63) is 0 Å². The molecule has 0 heterocycles. The second-order valence-corrected chi connectivity index (χ2v) is 10.7. The van der Waals surface area contributed by atoms with Crippen LogP contribution in [0, 0.1) is 0 Å². The highest BCUT2D eigenvalue weighted by Crippen LogP contribution is 2.38. The van der Waals surface area contributed by atoms with E-state index in [9.17, 15) is 0 Å². The number of hydrogen-bond acceptors (Lipinski definition) is 6. The molecule has 0 unspecified atom stereocenters. The van der Waals surface area contributed by atoms with Gasteiger partial charge in [-0.1, -0.05) is 0 Å². The van der Waals surface area contributed by atoms with Crippen LogP contribution in [-0.4, -0.2) is 143 Å². The summed E-state index contributed by atoms with van der Waals surface area (Å²) in [5.74, 6) is -0.333. The van der Waals surface area contributed by atoms with Gasteiger partial charge in [0.25, 0.3) is 0 Å². The highest BCUT2D eigenvalue weighted by atomic mass is 29.2. The molecular formula is C14H36N6Si2. The van der Waals surface area contributed by atoms with E-state index in [1.807, 2.05) is 0 Å². The fourth-order valence-corrected chi connectivity index (χ4v) is 8.33. The molecule has 0 spiro atoms. The third-order valence-corrected chi connectivity index (χ3v) is 9.58. The Kier molecular flexibility index (Phi) is 7.91. The van der Waals surface area contributed by atoms with Crippen molar-refractivity contribution in [2.24, 2.45) is 0 Å². The Bertz CT molecular complexity index is 314. The Morgan fingerprint density at radius 1 is 0.545 bits per heavy atom. The van der Waals surface area contributed by atoms with Gasteiger partial charge in [0.05, 0.1) is 0 Å². The largest absolute Gasteiger partial charge is 0.330 e. The molecule has 6 nitrogen and oxygen atoms in total. The van der Waals surface area contributed by atoms with Crippen LogP contribution in [0.4, 0.5) is 0 Å². The zero-order chi connectivity index (χ0) is 18.0. The van der Waals surface area contributed by atoms with Crippen molar-refractivity contribution in [1.29, 1.82) is 0 Å². The average Bonchev–Trinajstić information content (AvgIpc) is 2.31. The predicted octanol–water partition coefficient (Wildman–Crippen LogP) is -1.10. The van der Waals surface area contributed by atoms with E-state index in [4.69, 9.17) is 0 Å². The number of rotatable bonds is 8. The number of likely N-dealkylation sites (N-methyl/N-ethyl adjacent to an activating group) is 5. The number of hydrogen-bond donors (Lipinski definition) is 0. The molecule has 0 fully saturated rings. The maximum Gasteiger partial charge on any atom is 0.161 e. The first-order chi connectivity index (χ1) is 9.82. The maximum absolute atomic E-state index is 4.13. The summed E-state index contributed by atoms with van der Waals surface area (Å²) >= 11 is 0. The van der Waals surface area contributed by atoms with Gasteiger partial charge in [0.1, 0.15) is 5.29 Å². The van der Waals surface area contributed by atoms with Gasteiger partial charge in [-0.2, -0.15) is 0 Å². The zero-order valence-corrected chi connectivity index (χ0v) is 18.7. The van der Waals surface area contributed by atoms with Crippen molar-refractivity contribution in [3.8, 4) is 0 Å². The Labute approximate surface area is 143 Å². The molecule has 0 saturated heterocycles. The lowest BCUT2D eigenvalue weighted by Gasteiger charge is -2.67. The third-order valence-electron chi connectivity index (χ3n) is 4.41. The van der Waals surface area contributed by atoms with E-state index in [-0.39, 0.29) is 11.1 Å². The van der Waals surface area contributed by atoms with Gasteiger partial charge in [-0.05, 0) is 84.6 Å². The molecular weight excluding hydrogens is 308 g/mol. The van der Waals surface area contributed by atoms with Gasteiger partial charge < -0.3 is 4.57 Å². The second-order valence-electron chi connectivity index (χ2n) is 7.02. The van der Waals surface area contributed by atoms with Crippen LogP contribution >= 0.6 is 0 Å². The Morgan fingerprint density at radius 3 is 0.955 bits per heavy atom. The highest BCUT2D eigenvalue weighted by molar-refractivity contribution is 7.03. The summed E-state index contributed by atoms with van der Waals surface area (Å²) in [7, 11) is 28.9. The minimum absolute atomic E-state index is 0.255. The van der Waals surface area contributed by atoms with Crippen molar-refractivity contribution in [1.82, 2.24) is 29.1 Å². The van der Waals surface area contributed by atoms with Gasteiger partial charge in [0.15, 0.2) is 14.3 Å². The summed E-state index contributed by atoms with van der Waals surface area (Å²) in [6.45, 7) is 0. The van der Waals surface area contributed by atoms with Crippen LogP contribution < -0.4 is 0 Å². The van der Waals surface area contributed by atoms with Gasteiger partial charge in [0.2, 0.25) is 0 Å². The first-order valence-corrected chi connectivity index (χ1v) is 10.4. The molecule has 0 saturated carbocycles. The molecule has 4 radical (unpaired) electrons. The molecule has 0 atom stereocenters. The third kappa shape index (κ3) is 3.07. The monoisotopic (exact) mass is 344 g/mol. The van der Waals surface area contributed by atoms with Crippen LogP contribution in [0.25, 0.3) is 0 Å². The summed E-state index contributed by atoms with van der Waals surface area (Å²) in [5, 5.41) is -0.255. The number of nitrogens with zero attached hydrogens (tertiary/aromatic N) is 6. The summed E-state index contributed by atoms with van der Waals surface area (Å²) in [4.78, 5) is 11.6. The highest BCUT2D eigenvalue weighted by Gasteiger charge is 2.63.